The van der Waals surface area contributed by atoms with E-state index in [1.165, 1.54) is 0 Å². The lowest BCUT2D eigenvalue weighted by Gasteiger charge is -2.31. The van der Waals surface area contributed by atoms with Gasteiger partial charge in [-0.3, -0.25) is 9.69 Å². The number of carboxylic acid groups (broad SMARTS) is 1. The van der Waals surface area contributed by atoms with Gasteiger partial charge in [-0.2, -0.15) is 0 Å². The number of ether oxygens (including phenoxy) is 3. The molecule has 0 aromatic heterocycles. The highest BCUT2D eigenvalue weighted by Gasteiger charge is 2.32. The second kappa shape index (κ2) is 5.20. The maximum Gasteiger partial charge on any atom is 0.323 e. The Labute approximate surface area is 117 Å². The van der Waals surface area contributed by atoms with E-state index in [1.54, 1.807) is 32.9 Å². The van der Waals surface area contributed by atoms with Crippen molar-refractivity contribution in [3.8, 4) is 17.2 Å². The van der Waals surface area contributed by atoms with Crippen molar-refractivity contribution in [2.75, 3.05) is 21.0 Å². The molecule has 1 aromatic carbocycles. The Morgan fingerprint density at radius 3 is 2.75 bits per heavy atom. The van der Waals surface area contributed by atoms with Gasteiger partial charge in [-0.25, -0.2) is 0 Å². The number of nitrogens with zero attached hydrogens (tertiary/aromatic N) is 1. The van der Waals surface area contributed by atoms with Gasteiger partial charge in [-0.1, -0.05) is 0 Å². The highest BCUT2D eigenvalue weighted by Crippen LogP contribution is 2.42. The molecule has 1 heterocycles. The number of fused-ring (bicyclic) bond motifs is 1. The van der Waals surface area contributed by atoms with E-state index in [0.29, 0.717) is 23.8 Å². The van der Waals surface area contributed by atoms with Crippen LogP contribution in [0, 0.1) is 0 Å². The number of benzene rings is 1. The molecule has 110 valence electrons. The van der Waals surface area contributed by atoms with Crippen molar-refractivity contribution in [2.24, 2.45) is 0 Å². The van der Waals surface area contributed by atoms with E-state index < -0.39 is 11.5 Å². The first-order valence-corrected chi connectivity index (χ1v) is 6.27. The highest BCUT2D eigenvalue weighted by atomic mass is 16.7. The molecule has 6 nitrogen and oxygen atoms in total. The first kappa shape index (κ1) is 14.5. The number of hydrogen-bond donors (Lipinski definition) is 1. The van der Waals surface area contributed by atoms with Gasteiger partial charge in [0.05, 0.1) is 7.11 Å². The van der Waals surface area contributed by atoms with Crippen LogP contribution < -0.4 is 14.2 Å². The fourth-order valence-electron chi connectivity index (χ4n) is 1.91. The second-order valence-electron chi connectivity index (χ2n) is 5.25. The monoisotopic (exact) mass is 281 g/mol. The van der Waals surface area contributed by atoms with E-state index in [9.17, 15) is 9.90 Å². The Balaban J connectivity index is 2.24. The predicted octanol–water partition coefficient (Wildman–Crippen LogP) is 1.72. The zero-order valence-corrected chi connectivity index (χ0v) is 12.1. The number of carboxylic acids is 1. The van der Waals surface area contributed by atoms with Gasteiger partial charge in [-0.05, 0) is 38.6 Å². The summed E-state index contributed by atoms with van der Waals surface area (Å²) in [6.07, 6.45) is 0. The van der Waals surface area contributed by atoms with Gasteiger partial charge in [0, 0.05) is 6.54 Å². The topological polar surface area (TPSA) is 68.2 Å². The normalized spacial score (nSPS) is 13.7. The lowest BCUT2D eigenvalue weighted by Crippen LogP contribution is -2.47. The third-order valence-corrected chi connectivity index (χ3v) is 3.62. The van der Waals surface area contributed by atoms with Gasteiger partial charge in [-0.15, -0.1) is 0 Å². The first-order valence-electron chi connectivity index (χ1n) is 6.27. The molecule has 0 saturated heterocycles. The minimum atomic E-state index is -0.955. The first-order chi connectivity index (χ1) is 9.36. The molecule has 0 fully saturated rings. The second-order valence-corrected chi connectivity index (χ2v) is 5.25. The molecule has 2 rings (SSSR count). The third kappa shape index (κ3) is 2.51. The summed E-state index contributed by atoms with van der Waals surface area (Å²) in [5, 5.41) is 9.23. The van der Waals surface area contributed by atoms with Crippen LogP contribution in [0.25, 0.3) is 0 Å². The molecular weight excluding hydrogens is 262 g/mol. The highest BCUT2D eigenvalue weighted by molar-refractivity contribution is 5.77. The summed E-state index contributed by atoms with van der Waals surface area (Å²) in [4.78, 5) is 13.0. The summed E-state index contributed by atoms with van der Waals surface area (Å²) in [6.45, 7) is 3.97. The summed E-state index contributed by atoms with van der Waals surface area (Å²) in [7, 11) is 3.33. The largest absolute Gasteiger partial charge is 0.493 e. The van der Waals surface area contributed by atoms with Crippen LogP contribution in [-0.4, -0.2) is 42.5 Å². The molecule has 1 N–H and O–H groups in total. The van der Waals surface area contributed by atoms with Gasteiger partial charge < -0.3 is 19.3 Å². The molecule has 1 aromatic rings. The summed E-state index contributed by atoms with van der Waals surface area (Å²) in [6, 6.07) is 3.68. The summed E-state index contributed by atoms with van der Waals surface area (Å²) in [5.41, 5.74) is -0.0493. The van der Waals surface area contributed by atoms with Crippen molar-refractivity contribution < 1.29 is 24.1 Å². The number of likely N-dealkylation sites (N-methyl/N-ethyl adjacent to an activating group) is 1. The van der Waals surface area contributed by atoms with Crippen molar-refractivity contribution in [3.05, 3.63) is 17.7 Å². The minimum Gasteiger partial charge on any atom is -0.493 e. The third-order valence-electron chi connectivity index (χ3n) is 3.62. The van der Waals surface area contributed by atoms with Crippen LogP contribution in [0.1, 0.15) is 19.4 Å². The van der Waals surface area contributed by atoms with Crippen molar-refractivity contribution in [2.45, 2.75) is 25.9 Å². The van der Waals surface area contributed by atoms with Crippen molar-refractivity contribution in [3.63, 3.8) is 0 Å². The van der Waals surface area contributed by atoms with E-state index in [0.717, 1.165) is 5.56 Å². The van der Waals surface area contributed by atoms with Crippen LogP contribution >= 0.6 is 0 Å². The fraction of sp³-hybridized carbons (Fsp3) is 0.500. The average molecular weight is 281 g/mol. The predicted molar refractivity (Wildman–Crippen MR) is 72.3 cm³/mol. The fourth-order valence-corrected chi connectivity index (χ4v) is 1.91. The van der Waals surface area contributed by atoms with Crippen LogP contribution in [0.4, 0.5) is 0 Å². The molecule has 0 atom stereocenters. The van der Waals surface area contributed by atoms with Crippen LogP contribution in [0.15, 0.2) is 12.1 Å². The summed E-state index contributed by atoms with van der Waals surface area (Å²) < 4.78 is 16.0. The maximum atomic E-state index is 11.3. The van der Waals surface area contributed by atoms with E-state index in [2.05, 4.69) is 0 Å². The van der Waals surface area contributed by atoms with E-state index in [-0.39, 0.29) is 6.79 Å². The smallest absolute Gasteiger partial charge is 0.323 e. The average Bonchev–Trinajstić information content (AvgIpc) is 2.85. The van der Waals surface area contributed by atoms with Gasteiger partial charge >= 0.3 is 5.97 Å². The lowest BCUT2D eigenvalue weighted by atomic mass is 10.0. The molecule has 0 aliphatic carbocycles. The molecule has 1 aliphatic rings. The molecule has 20 heavy (non-hydrogen) atoms. The molecule has 6 heteroatoms. The Kier molecular flexibility index (Phi) is 3.76. The minimum absolute atomic E-state index is 0.172. The lowest BCUT2D eigenvalue weighted by molar-refractivity contribution is -0.148. The van der Waals surface area contributed by atoms with Gasteiger partial charge in [0.15, 0.2) is 11.5 Å². The zero-order valence-electron chi connectivity index (χ0n) is 12.1. The van der Waals surface area contributed by atoms with Crippen molar-refractivity contribution in [1.29, 1.82) is 0 Å². The van der Waals surface area contributed by atoms with Gasteiger partial charge in [0.1, 0.15) is 5.54 Å². The molecule has 1 aliphatic heterocycles. The Bertz CT molecular complexity index is 527. The standard InChI is InChI=1S/C14H19NO5/c1-14(2,13(16)17)15(3)7-9-5-10(18-4)12-11(6-9)19-8-20-12/h5-6H,7-8H2,1-4H3,(H,16,17). The number of aliphatic carboxylic acids is 1. The molecule has 0 spiro atoms. The molecule has 0 unspecified atom stereocenters. The number of hydrogen-bond acceptors (Lipinski definition) is 5. The Morgan fingerprint density at radius 2 is 2.15 bits per heavy atom. The van der Waals surface area contributed by atoms with Gasteiger partial charge in [0.2, 0.25) is 12.5 Å². The SMILES string of the molecule is COc1cc(CN(C)C(C)(C)C(=O)O)cc2c1OCO2. The zero-order chi connectivity index (χ0) is 14.9. The number of methoxy groups -OCH3 is 1. The van der Waals surface area contributed by atoms with Crippen LogP contribution in [0.3, 0.4) is 0 Å². The van der Waals surface area contributed by atoms with E-state index in [4.69, 9.17) is 14.2 Å². The maximum absolute atomic E-state index is 11.3. The van der Waals surface area contributed by atoms with Crippen LogP contribution in [0.5, 0.6) is 17.2 Å². The van der Waals surface area contributed by atoms with Crippen molar-refractivity contribution >= 4 is 5.97 Å². The quantitative estimate of drug-likeness (QED) is 0.886. The number of rotatable bonds is 5. The molecule has 0 radical (unpaired) electrons. The summed E-state index contributed by atoms with van der Waals surface area (Å²) in [5.74, 6) is 0.946. The van der Waals surface area contributed by atoms with Crippen LogP contribution in [-0.2, 0) is 11.3 Å². The number of carbonyl (C=O) groups is 1. The Hall–Kier alpha value is -1.95. The molecule has 0 saturated carbocycles. The molecule has 0 bridgehead atoms. The van der Waals surface area contributed by atoms with Crippen molar-refractivity contribution in [1.82, 2.24) is 4.90 Å². The molecular formula is C14H19NO5. The van der Waals surface area contributed by atoms with Crippen LogP contribution in [0.2, 0.25) is 0 Å². The summed E-state index contributed by atoms with van der Waals surface area (Å²) >= 11 is 0. The van der Waals surface area contributed by atoms with E-state index in [1.807, 2.05) is 12.1 Å². The van der Waals surface area contributed by atoms with E-state index >= 15 is 0 Å². The Morgan fingerprint density at radius 1 is 1.45 bits per heavy atom. The molecule has 0 amide bonds. The van der Waals surface area contributed by atoms with Gasteiger partial charge in [0.25, 0.3) is 0 Å².